The summed E-state index contributed by atoms with van der Waals surface area (Å²) in [5.41, 5.74) is 0.410. The normalized spacial score (nSPS) is 16.9. The van der Waals surface area contributed by atoms with Gasteiger partial charge in [0.2, 0.25) is 0 Å². The highest BCUT2D eigenvalue weighted by Crippen LogP contribution is 2.24. The quantitative estimate of drug-likeness (QED) is 0.716. The average molecular weight is 379 g/mol. The maximum atomic E-state index is 13.2. The van der Waals surface area contributed by atoms with Crippen molar-refractivity contribution < 1.29 is 9.18 Å². The topological polar surface area (TPSA) is 20.3 Å². The Balaban J connectivity index is 2.10. The molecule has 1 aliphatic rings. The van der Waals surface area contributed by atoms with Gasteiger partial charge in [-0.2, -0.15) is 0 Å². The molecule has 0 saturated carbocycles. The maximum Gasteiger partial charge on any atom is 0.255 e. The largest absolute Gasteiger partial charge is 0.339 e. The molecule has 0 atom stereocenters. The molecule has 2 rings (SSSR count). The molecular formula is C13H14Br2FNO. The molecule has 0 aromatic heterocycles. The number of nitrogens with zero attached hydrogens (tertiary/aromatic N) is 1. The van der Waals surface area contributed by atoms with E-state index in [4.69, 9.17) is 0 Å². The summed E-state index contributed by atoms with van der Waals surface area (Å²) in [5, 5.41) is 0.985. The lowest BCUT2D eigenvalue weighted by Gasteiger charge is -2.31. The molecule has 18 heavy (non-hydrogen) atoms. The number of halogens is 3. The number of carbonyl (C=O) groups is 1. The van der Waals surface area contributed by atoms with Gasteiger partial charge in [-0.05, 0) is 52.9 Å². The third-order valence-corrected chi connectivity index (χ3v) is 4.89. The van der Waals surface area contributed by atoms with Gasteiger partial charge >= 0.3 is 0 Å². The molecule has 1 aliphatic heterocycles. The van der Waals surface area contributed by atoms with Crippen LogP contribution in [-0.4, -0.2) is 29.2 Å². The van der Waals surface area contributed by atoms with E-state index in [-0.39, 0.29) is 11.7 Å². The van der Waals surface area contributed by atoms with Gasteiger partial charge in [0.1, 0.15) is 5.82 Å². The Morgan fingerprint density at radius 1 is 1.39 bits per heavy atom. The van der Waals surface area contributed by atoms with Crippen LogP contribution in [-0.2, 0) is 0 Å². The van der Waals surface area contributed by atoms with Crippen molar-refractivity contribution in [1.82, 2.24) is 4.90 Å². The molecule has 1 aromatic rings. The van der Waals surface area contributed by atoms with Crippen molar-refractivity contribution in [2.75, 3.05) is 18.4 Å². The fourth-order valence-electron chi connectivity index (χ4n) is 2.12. The standard InChI is InChI=1S/C13H14Br2FNO/c14-8-9-3-5-17(6-4-9)13(18)11-7-10(16)1-2-12(11)15/h1-2,7,9H,3-6,8H2. The molecule has 1 saturated heterocycles. The summed E-state index contributed by atoms with van der Waals surface area (Å²) in [5.74, 6) is 0.177. The molecule has 0 unspecified atom stereocenters. The van der Waals surface area contributed by atoms with Crippen LogP contribution in [0.4, 0.5) is 4.39 Å². The van der Waals surface area contributed by atoms with Crippen LogP contribution in [0.15, 0.2) is 22.7 Å². The van der Waals surface area contributed by atoms with E-state index in [1.165, 1.54) is 12.1 Å². The minimum atomic E-state index is -0.378. The van der Waals surface area contributed by atoms with E-state index in [0.29, 0.717) is 16.0 Å². The number of amides is 1. The molecular weight excluding hydrogens is 365 g/mol. The van der Waals surface area contributed by atoms with Gasteiger partial charge in [0.15, 0.2) is 0 Å². The molecule has 98 valence electrons. The van der Waals surface area contributed by atoms with Crippen LogP contribution in [0.2, 0.25) is 0 Å². The van der Waals surface area contributed by atoms with Crippen molar-refractivity contribution in [3.05, 3.63) is 34.1 Å². The molecule has 1 amide bonds. The first-order valence-corrected chi connectivity index (χ1v) is 7.83. The molecule has 1 fully saturated rings. The molecule has 1 aromatic carbocycles. The van der Waals surface area contributed by atoms with E-state index in [9.17, 15) is 9.18 Å². The van der Waals surface area contributed by atoms with E-state index < -0.39 is 0 Å². The Morgan fingerprint density at radius 2 is 2.06 bits per heavy atom. The average Bonchev–Trinajstić information content (AvgIpc) is 2.41. The van der Waals surface area contributed by atoms with Crippen LogP contribution in [0, 0.1) is 11.7 Å². The molecule has 0 N–H and O–H groups in total. The van der Waals surface area contributed by atoms with E-state index in [2.05, 4.69) is 31.9 Å². The van der Waals surface area contributed by atoms with Crippen molar-refractivity contribution >= 4 is 37.8 Å². The Bertz CT molecular complexity index is 445. The van der Waals surface area contributed by atoms with Gasteiger partial charge in [0.05, 0.1) is 5.56 Å². The molecule has 0 bridgehead atoms. The highest BCUT2D eigenvalue weighted by molar-refractivity contribution is 9.10. The third-order valence-electron chi connectivity index (χ3n) is 3.28. The van der Waals surface area contributed by atoms with Gasteiger partial charge in [-0.1, -0.05) is 15.9 Å². The number of benzene rings is 1. The SMILES string of the molecule is O=C(c1cc(F)ccc1Br)N1CCC(CBr)CC1. The van der Waals surface area contributed by atoms with Gasteiger partial charge in [0.25, 0.3) is 5.91 Å². The van der Waals surface area contributed by atoms with Crippen LogP contribution in [0.1, 0.15) is 23.2 Å². The van der Waals surface area contributed by atoms with E-state index >= 15 is 0 Å². The van der Waals surface area contributed by atoms with Gasteiger partial charge in [-0.15, -0.1) is 0 Å². The number of carbonyl (C=O) groups excluding carboxylic acids is 1. The second-order valence-corrected chi connectivity index (χ2v) is 6.02. The van der Waals surface area contributed by atoms with Gasteiger partial charge < -0.3 is 4.90 Å². The van der Waals surface area contributed by atoms with Crippen molar-refractivity contribution in [1.29, 1.82) is 0 Å². The number of likely N-dealkylation sites (tertiary alicyclic amines) is 1. The summed E-state index contributed by atoms with van der Waals surface area (Å²) in [6.07, 6.45) is 2.01. The van der Waals surface area contributed by atoms with E-state index in [1.54, 1.807) is 11.0 Å². The second-order valence-electron chi connectivity index (χ2n) is 4.51. The summed E-state index contributed by atoms with van der Waals surface area (Å²) in [7, 11) is 0. The number of rotatable bonds is 2. The molecule has 2 nitrogen and oxygen atoms in total. The zero-order valence-electron chi connectivity index (χ0n) is 9.83. The summed E-state index contributed by atoms with van der Waals surface area (Å²) in [6, 6.07) is 4.22. The molecule has 0 aliphatic carbocycles. The van der Waals surface area contributed by atoms with E-state index in [1.807, 2.05) is 0 Å². The first kappa shape index (κ1) is 14.0. The molecule has 5 heteroatoms. The lowest BCUT2D eigenvalue weighted by Crippen LogP contribution is -2.39. The van der Waals surface area contributed by atoms with Gasteiger partial charge in [-0.3, -0.25) is 4.79 Å². The molecule has 0 radical (unpaired) electrons. The maximum absolute atomic E-state index is 13.2. The molecule has 1 heterocycles. The van der Waals surface area contributed by atoms with Gasteiger partial charge in [0, 0.05) is 22.9 Å². The van der Waals surface area contributed by atoms with Crippen LogP contribution in [0.25, 0.3) is 0 Å². The zero-order chi connectivity index (χ0) is 13.1. The lowest BCUT2D eigenvalue weighted by molar-refractivity contribution is 0.0697. The van der Waals surface area contributed by atoms with Gasteiger partial charge in [-0.25, -0.2) is 4.39 Å². The fraction of sp³-hybridized carbons (Fsp3) is 0.462. The predicted molar refractivity (Wildman–Crippen MR) is 76.5 cm³/mol. The minimum Gasteiger partial charge on any atom is -0.339 e. The van der Waals surface area contributed by atoms with E-state index in [0.717, 1.165) is 31.3 Å². The highest BCUT2D eigenvalue weighted by atomic mass is 79.9. The number of hydrogen-bond donors (Lipinski definition) is 0. The Kier molecular flexibility index (Phi) is 4.78. The Labute approximate surface area is 123 Å². The first-order chi connectivity index (χ1) is 8.61. The Morgan fingerprint density at radius 3 is 2.67 bits per heavy atom. The van der Waals surface area contributed by atoms with Crippen LogP contribution >= 0.6 is 31.9 Å². The van der Waals surface area contributed by atoms with Crippen LogP contribution in [0.5, 0.6) is 0 Å². The number of piperidine rings is 1. The summed E-state index contributed by atoms with van der Waals surface area (Å²) in [4.78, 5) is 14.1. The Hall–Kier alpha value is -0.420. The molecule has 0 spiro atoms. The third kappa shape index (κ3) is 3.12. The zero-order valence-corrected chi connectivity index (χ0v) is 13.0. The fourth-order valence-corrected chi connectivity index (χ4v) is 3.19. The summed E-state index contributed by atoms with van der Waals surface area (Å²) < 4.78 is 13.8. The first-order valence-electron chi connectivity index (χ1n) is 5.92. The summed E-state index contributed by atoms with van der Waals surface area (Å²) in [6.45, 7) is 1.50. The van der Waals surface area contributed by atoms with Crippen molar-refractivity contribution in [3.8, 4) is 0 Å². The minimum absolute atomic E-state index is 0.0885. The number of hydrogen-bond acceptors (Lipinski definition) is 1. The van der Waals surface area contributed by atoms with Crippen LogP contribution in [0.3, 0.4) is 0 Å². The second kappa shape index (κ2) is 6.15. The van der Waals surface area contributed by atoms with Crippen molar-refractivity contribution in [3.63, 3.8) is 0 Å². The summed E-state index contributed by atoms with van der Waals surface area (Å²) >= 11 is 6.77. The lowest BCUT2D eigenvalue weighted by atomic mass is 9.98. The predicted octanol–water partition coefficient (Wildman–Crippen LogP) is 3.84. The highest BCUT2D eigenvalue weighted by Gasteiger charge is 2.24. The van der Waals surface area contributed by atoms with Crippen molar-refractivity contribution in [2.24, 2.45) is 5.92 Å². The smallest absolute Gasteiger partial charge is 0.255 e. The van der Waals surface area contributed by atoms with Crippen LogP contribution < -0.4 is 0 Å². The van der Waals surface area contributed by atoms with Crippen molar-refractivity contribution in [2.45, 2.75) is 12.8 Å². The number of alkyl halides is 1. The monoisotopic (exact) mass is 377 g/mol.